The van der Waals surface area contributed by atoms with Gasteiger partial charge < -0.3 is 15.2 Å². The molecule has 0 radical (unpaired) electrons. The first kappa shape index (κ1) is 17.6. The van der Waals surface area contributed by atoms with Crippen molar-refractivity contribution in [3.8, 4) is 5.75 Å². The molecule has 1 atom stereocenters. The summed E-state index contributed by atoms with van der Waals surface area (Å²) in [7, 11) is 0. The second-order valence-corrected chi connectivity index (χ2v) is 7.28. The smallest absolute Gasteiger partial charge is 0.412 e. The van der Waals surface area contributed by atoms with Crippen molar-refractivity contribution in [2.24, 2.45) is 5.92 Å². The van der Waals surface area contributed by atoms with Gasteiger partial charge in [-0.15, -0.1) is 0 Å². The molecular formula is C18H28N2O3. The molecule has 1 unspecified atom stereocenters. The second-order valence-electron chi connectivity index (χ2n) is 7.28. The van der Waals surface area contributed by atoms with Gasteiger partial charge in [-0.05, 0) is 70.2 Å². The van der Waals surface area contributed by atoms with Crippen LogP contribution in [0, 0.1) is 5.92 Å². The Morgan fingerprint density at radius 3 is 2.57 bits per heavy atom. The van der Waals surface area contributed by atoms with E-state index in [9.17, 15) is 9.90 Å². The van der Waals surface area contributed by atoms with Crippen LogP contribution in [-0.4, -0.2) is 29.9 Å². The quantitative estimate of drug-likeness (QED) is 0.791. The summed E-state index contributed by atoms with van der Waals surface area (Å²) >= 11 is 0. The molecule has 128 valence electrons. The van der Waals surface area contributed by atoms with Gasteiger partial charge in [-0.3, -0.25) is 5.32 Å². The van der Waals surface area contributed by atoms with Gasteiger partial charge in [0.25, 0.3) is 0 Å². The first-order valence-corrected chi connectivity index (χ1v) is 8.30. The Balaban J connectivity index is 2.03. The highest BCUT2D eigenvalue weighted by atomic mass is 16.6. The van der Waals surface area contributed by atoms with E-state index in [1.54, 1.807) is 6.07 Å². The number of benzene rings is 1. The zero-order valence-corrected chi connectivity index (χ0v) is 14.5. The standard InChI is InChI=1S/C18H28N2O3/c1-12(13-7-9-19-10-8-13)15-6-5-14(11-16(15)21)20-17(22)23-18(2,3)4/h5-6,11-13,19,21H,7-10H2,1-4H3,(H,20,22). The molecule has 1 aromatic carbocycles. The maximum absolute atomic E-state index is 11.8. The minimum absolute atomic E-state index is 0.226. The molecule has 1 saturated heterocycles. The molecule has 1 aromatic rings. The lowest BCUT2D eigenvalue weighted by atomic mass is 9.81. The number of nitrogens with one attached hydrogen (secondary N) is 2. The molecule has 1 heterocycles. The van der Waals surface area contributed by atoms with Crippen molar-refractivity contribution in [1.29, 1.82) is 0 Å². The minimum Gasteiger partial charge on any atom is -0.508 e. The van der Waals surface area contributed by atoms with Crippen LogP contribution in [0.15, 0.2) is 18.2 Å². The molecule has 5 heteroatoms. The van der Waals surface area contributed by atoms with Crippen LogP contribution in [0.3, 0.4) is 0 Å². The monoisotopic (exact) mass is 320 g/mol. The van der Waals surface area contributed by atoms with Gasteiger partial charge >= 0.3 is 6.09 Å². The normalized spacial score (nSPS) is 17.6. The maximum Gasteiger partial charge on any atom is 0.412 e. The van der Waals surface area contributed by atoms with Crippen molar-refractivity contribution in [1.82, 2.24) is 5.32 Å². The van der Waals surface area contributed by atoms with E-state index in [0.29, 0.717) is 17.5 Å². The van der Waals surface area contributed by atoms with Crippen LogP contribution in [0.5, 0.6) is 5.75 Å². The molecule has 1 amide bonds. The molecule has 0 spiro atoms. The van der Waals surface area contributed by atoms with E-state index in [4.69, 9.17) is 4.74 Å². The third-order valence-corrected chi connectivity index (χ3v) is 4.26. The number of phenols is 1. The van der Waals surface area contributed by atoms with Crippen molar-refractivity contribution in [2.45, 2.75) is 52.1 Å². The average molecular weight is 320 g/mol. The number of hydrogen-bond donors (Lipinski definition) is 3. The summed E-state index contributed by atoms with van der Waals surface area (Å²) < 4.78 is 5.22. The van der Waals surface area contributed by atoms with Gasteiger partial charge in [0.15, 0.2) is 0 Å². The molecule has 1 fully saturated rings. The third kappa shape index (κ3) is 5.13. The Morgan fingerprint density at radius 1 is 1.35 bits per heavy atom. The number of carbonyl (C=O) groups excluding carboxylic acids is 1. The van der Waals surface area contributed by atoms with Crippen molar-refractivity contribution < 1.29 is 14.6 Å². The summed E-state index contributed by atoms with van der Waals surface area (Å²) in [6.07, 6.45) is 1.73. The summed E-state index contributed by atoms with van der Waals surface area (Å²) in [4.78, 5) is 11.8. The predicted molar refractivity (Wildman–Crippen MR) is 92.0 cm³/mol. The number of phenolic OH excluding ortho intramolecular Hbond substituents is 1. The minimum atomic E-state index is -0.546. The molecule has 23 heavy (non-hydrogen) atoms. The van der Waals surface area contributed by atoms with E-state index >= 15 is 0 Å². The van der Waals surface area contributed by atoms with E-state index in [-0.39, 0.29) is 5.75 Å². The van der Waals surface area contributed by atoms with Gasteiger partial charge in [0, 0.05) is 11.8 Å². The Kier molecular flexibility index (Phi) is 5.52. The SMILES string of the molecule is CC(c1ccc(NC(=O)OC(C)(C)C)cc1O)C1CCNCC1. The van der Waals surface area contributed by atoms with Crippen LogP contribution >= 0.6 is 0 Å². The number of ether oxygens (including phenoxy) is 1. The van der Waals surface area contributed by atoms with Crippen LogP contribution in [0.1, 0.15) is 52.0 Å². The topological polar surface area (TPSA) is 70.6 Å². The van der Waals surface area contributed by atoms with Gasteiger partial charge in [-0.1, -0.05) is 13.0 Å². The highest BCUT2D eigenvalue weighted by Crippen LogP contribution is 2.36. The van der Waals surface area contributed by atoms with Crippen molar-refractivity contribution in [2.75, 3.05) is 18.4 Å². The predicted octanol–water partition coefficient (Wildman–Crippen LogP) is 3.84. The molecule has 0 aliphatic carbocycles. The zero-order valence-electron chi connectivity index (χ0n) is 14.5. The Bertz CT molecular complexity index is 546. The van der Waals surface area contributed by atoms with Gasteiger partial charge in [-0.2, -0.15) is 0 Å². The van der Waals surface area contributed by atoms with E-state index in [1.165, 1.54) is 0 Å². The first-order chi connectivity index (χ1) is 10.8. The molecule has 0 bridgehead atoms. The molecule has 5 nitrogen and oxygen atoms in total. The number of amides is 1. The molecule has 1 aliphatic heterocycles. The van der Waals surface area contributed by atoms with Crippen LogP contribution in [-0.2, 0) is 4.74 Å². The summed E-state index contributed by atoms with van der Waals surface area (Å²) in [5.41, 5.74) is 0.930. The fraction of sp³-hybridized carbons (Fsp3) is 0.611. The number of piperidine rings is 1. The van der Waals surface area contributed by atoms with Crippen molar-refractivity contribution in [3.05, 3.63) is 23.8 Å². The number of hydrogen-bond acceptors (Lipinski definition) is 4. The summed E-state index contributed by atoms with van der Waals surface area (Å²) in [6, 6.07) is 5.31. The van der Waals surface area contributed by atoms with Gasteiger partial charge in [0.2, 0.25) is 0 Å². The number of aromatic hydroxyl groups is 1. The molecule has 0 aromatic heterocycles. The summed E-state index contributed by atoms with van der Waals surface area (Å²) in [5, 5.41) is 16.3. The Hall–Kier alpha value is -1.75. The van der Waals surface area contributed by atoms with E-state index in [1.807, 2.05) is 32.9 Å². The second kappa shape index (κ2) is 7.21. The molecular weight excluding hydrogens is 292 g/mol. The number of anilines is 1. The lowest BCUT2D eigenvalue weighted by molar-refractivity contribution is 0.0636. The Labute approximate surface area is 138 Å². The fourth-order valence-corrected chi connectivity index (χ4v) is 3.03. The summed E-state index contributed by atoms with van der Waals surface area (Å²) in [5.74, 6) is 1.10. The van der Waals surface area contributed by atoms with E-state index in [0.717, 1.165) is 31.5 Å². The molecule has 3 N–H and O–H groups in total. The highest BCUT2D eigenvalue weighted by Gasteiger charge is 2.23. The maximum atomic E-state index is 11.8. The first-order valence-electron chi connectivity index (χ1n) is 8.30. The molecule has 0 saturated carbocycles. The van der Waals surface area contributed by atoms with Crippen molar-refractivity contribution >= 4 is 11.8 Å². The van der Waals surface area contributed by atoms with Crippen LogP contribution in [0.2, 0.25) is 0 Å². The fourth-order valence-electron chi connectivity index (χ4n) is 3.03. The van der Waals surface area contributed by atoms with Crippen LogP contribution < -0.4 is 10.6 Å². The number of rotatable bonds is 3. The average Bonchev–Trinajstić information content (AvgIpc) is 2.45. The van der Waals surface area contributed by atoms with E-state index in [2.05, 4.69) is 17.6 Å². The van der Waals surface area contributed by atoms with Crippen LogP contribution in [0.4, 0.5) is 10.5 Å². The lowest BCUT2D eigenvalue weighted by Gasteiger charge is -2.29. The van der Waals surface area contributed by atoms with Gasteiger partial charge in [-0.25, -0.2) is 4.79 Å². The molecule has 2 rings (SSSR count). The zero-order chi connectivity index (χ0) is 17.0. The Morgan fingerprint density at radius 2 is 2.00 bits per heavy atom. The van der Waals surface area contributed by atoms with Crippen molar-refractivity contribution in [3.63, 3.8) is 0 Å². The molecule has 1 aliphatic rings. The van der Waals surface area contributed by atoms with E-state index < -0.39 is 11.7 Å². The highest BCUT2D eigenvalue weighted by molar-refractivity contribution is 5.85. The van der Waals surface area contributed by atoms with Crippen LogP contribution in [0.25, 0.3) is 0 Å². The third-order valence-electron chi connectivity index (χ3n) is 4.26. The summed E-state index contributed by atoms with van der Waals surface area (Å²) in [6.45, 7) is 9.67. The van der Waals surface area contributed by atoms with Gasteiger partial charge in [0.1, 0.15) is 11.4 Å². The lowest BCUT2D eigenvalue weighted by Crippen LogP contribution is -2.30. The van der Waals surface area contributed by atoms with Gasteiger partial charge in [0.05, 0.1) is 0 Å². The largest absolute Gasteiger partial charge is 0.508 e. The number of carbonyl (C=O) groups is 1.